The number of hydrogen-bond acceptors (Lipinski definition) is 2. The minimum Gasteiger partial charge on any atom is -0.381 e. The molecule has 0 spiro atoms. The lowest BCUT2D eigenvalue weighted by atomic mass is 10.2. The summed E-state index contributed by atoms with van der Waals surface area (Å²) in [5.74, 6) is 1.51. The van der Waals surface area contributed by atoms with Crippen LogP contribution < -0.4 is 10.6 Å². The Kier molecular flexibility index (Phi) is 12.1. The molecule has 0 bridgehead atoms. The summed E-state index contributed by atoms with van der Waals surface area (Å²) in [6, 6.07) is 0. The average Bonchev–Trinajstić information content (AvgIpc) is 2.34. The first-order chi connectivity index (χ1) is 8.70. The number of nitrogens with zero attached hydrogens (tertiary/aromatic N) is 1. The highest BCUT2D eigenvalue weighted by Gasteiger charge is 1.97. The third-order valence-electron chi connectivity index (χ3n) is 2.36. The van der Waals surface area contributed by atoms with Crippen molar-refractivity contribution in [3.8, 4) is 0 Å². The molecule has 0 aliphatic carbocycles. The quantitative estimate of drug-likeness (QED) is 0.359. The van der Waals surface area contributed by atoms with Crippen LogP contribution in [-0.4, -0.2) is 38.8 Å². The van der Waals surface area contributed by atoms with Crippen molar-refractivity contribution in [2.45, 2.75) is 47.0 Å². The topological polar surface area (TPSA) is 45.6 Å². The van der Waals surface area contributed by atoms with E-state index < -0.39 is 0 Å². The Hall–Kier alpha value is -0.770. The smallest absolute Gasteiger partial charge is 0.191 e. The zero-order valence-electron chi connectivity index (χ0n) is 12.6. The molecule has 0 aromatic rings. The predicted molar refractivity (Wildman–Crippen MR) is 79.2 cm³/mol. The van der Waals surface area contributed by atoms with E-state index in [0.29, 0.717) is 5.92 Å². The zero-order valence-corrected chi connectivity index (χ0v) is 12.6. The Labute approximate surface area is 113 Å². The van der Waals surface area contributed by atoms with Crippen LogP contribution >= 0.6 is 0 Å². The second kappa shape index (κ2) is 12.7. The minimum absolute atomic E-state index is 0.595. The van der Waals surface area contributed by atoms with Gasteiger partial charge in [0.15, 0.2) is 5.96 Å². The predicted octanol–water partition coefficient (Wildman–Crippen LogP) is 2.40. The van der Waals surface area contributed by atoms with Gasteiger partial charge in [0.05, 0.1) is 0 Å². The van der Waals surface area contributed by atoms with Gasteiger partial charge >= 0.3 is 0 Å². The molecule has 0 rings (SSSR count). The van der Waals surface area contributed by atoms with E-state index in [2.05, 4.69) is 43.3 Å². The first-order valence-electron chi connectivity index (χ1n) is 7.30. The summed E-state index contributed by atoms with van der Waals surface area (Å²) >= 11 is 0. The summed E-state index contributed by atoms with van der Waals surface area (Å²) in [6.45, 7) is 13.0. The molecule has 0 saturated carbocycles. The number of ether oxygens (including phenoxy) is 1. The molecule has 4 heteroatoms. The molecule has 18 heavy (non-hydrogen) atoms. The number of aliphatic imine (C=N–C) groups is 1. The maximum absolute atomic E-state index is 5.51. The Bertz CT molecular complexity index is 205. The Balaban J connectivity index is 3.60. The third-order valence-corrected chi connectivity index (χ3v) is 2.36. The van der Waals surface area contributed by atoms with Gasteiger partial charge in [-0.2, -0.15) is 0 Å². The fourth-order valence-electron chi connectivity index (χ4n) is 1.35. The van der Waals surface area contributed by atoms with Crippen molar-refractivity contribution in [2.75, 3.05) is 32.8 Å². The van der Waals surface area contributed by atoms with Crippen molar-refractivity contribution in [1.29, 1.82) is 0 Å². The highest BCUT2D eigenvalue weighted by Crippen LogP contribution is 1.92. The number of unbranched alkanes of at least 4 members (excludes halogenated alkanes) is 1. The zero-order chi connectivity index (χ0) is 13.6. The van der Waals surface area contributed by atoms with Gasteiger partial charge in [-0.05, 0) is 25.7 Å². The van der Waals surface area contributed by atoms with Crippen molar-refractivity contribution in [3.63, 3.8) is 0 Å². The van der Waals surface area contributed by atoms with Crippen LogP contribution in [0.4, 0.5) is 0 Å². The summed E-state index contributed by atoms with van der Waals surface area (Å²) in [5.41, 5.74) is 0. The lowest BCUT2D eigenvalue weighted by Gasteiger charge is -2.12. The molecular weight excluding hydrogens is 226 g/mol. The molecule has 108 valence electrons. The molecule has 0 aromatic heterocycles. The van der Waals surface area contributed by atoms with Gasteiger partial charge in [0.2, 0.25) is 0 Å². The standard InChI is InChI=1S/C14H31N3O/c1-5-7-10-18-11-8-9-16-14(15-6-2)17-12-13(3)4/h13H,5-12H2,1-4H3,(H2,15,16,17). The Morgan fingerprint density at radius 2 is 1.83 bits per heavy atom. The van der Waals surface area contributed by atoms with Crippen molar-refractivity contribution < 1.29 is 4.74 Å². The molecule has 4 nitrogen and oxygen atoms in total. The van der Waals surface area contributed by atoms with Gasteiger partial charge in [0.1, 0.15) is 0 Å². The summed E-state index contributed by atoms with van der Waals surface area (Å²) < 4.78 is 5.51. The second-order valence-corrected chi connectivity index (χ2v) is 4.86. The lowest BCUT2D eigenvalue weighted by molar-refractivity contribution is 0.129. The van der Waals surface area contributed by atoms with Crippen LogP contribution in [0.2, 0.25) is 0 Å². The highest BCUT2D eigenvalue weighted by atomic mass is 16.5. The van der Waals surface area contributed by atoms with Gasteiger partial charge in [-0.15, -0.1) is 0 Å². The Morgan fingerprint density at radius 1 is 1.11 bits per heavy atom. The number of nitrogens with one attached hydrogen (secondary N) is 2. The number of guanidine groups is 1. The molecule has 0 saturated heterocycles. The summed E-state index contributed by atoms with van der Waals surface area (Å²) in [7, 11) is 0. The van der Waals surface area contributed by atoms with E-state index in [-0.39, 0.29) is 0 Å². The van der Waals surface area contributed by atoms with E-state index in [9.17, 15) is 0 Å². The summed E-state index contributed by atoms with van der Waals surface area (Å²) in [4.78, 5) is 4.51. The second-order valence-electron chi connectivity index (χ2n) is 4.86. The molecule has 2 N–H and O–H groups in total. The normalized spacial score (nSPS) is 11.9. The van der Waals surface area contributed by atoms with E-state index in [1.165, 1.54) is 6.42 Å². The molecule has 0 aliphatic heterocycles. The molecule has 0 radical (unpaired) electrons. The highest BCUT2D eigenvalue weighted by molar-refractivity contribution is 5.79. The van der Waals surface area contributed by atoms with Crippen LogP contribution in [0.5, 0.6) is 0 Å². The summed E-state index contributed by atoms with van der Waals surface area (Å²) in [5, 5.41) is 6.57. The van der Waals surface area contributed by atoms with Gasteiger partial charge in [-0.25, -0.2) is 0 Å². The van der Waals surface area contributed by atoms with Crippen molar-refractivity contribution in [3.05, 3.63) is 0 Å². The molecular formula is C14H31N3O. The fraction of sp³-hybridized carbons (Fsp3) is 0.929. The SMILES string of the molecule is CCCCOCCCNC(=NCC(C)C)NCC. The van der Waals surface area contributed by atoms with Gasteiger partial charge in [0, 0.05) is 32.8 Å². The number of rotatable bonds is 10. The molecule has 0 aromatic carbocycles. The maximum Gasteiger partial charge on any atom is 0.191 e. The van der Waals surface area contributed by atoms with Gasteiger partial charge in [-0.1, -0.05) is 27.2 Å². The Morgan fingerprint density at radius 3 is 2.44 bits per heavy atom. The first kappa shape index (κ1) is 17.2. The van der Waals surface area contributed by atoms with E-state index in [1.54, 1.807) is 0 Å². The van der Waals surface area contributed by atoms with Crippen LogP contribution in [-0.2, 0) is 4.74 Å². The van der Waals surface area contributed by atoms with E-state index >= 15 is 0 Å². The van der Waals surface area contributed by atoms with Crippen LogP contribution in [0, 0.1) is 5.92 Å². The average molecular weight is 257 g/mol. The van der Waals surface area contributed by atoms with Gasteiger partial charge in [0.25, 0.3) is 0 Å². The minimum atomic E-state index is 0.595. The maximum atomic E-state index is 5.51. The molecule has 0 fully saturated rings. The van der Waals surface area contributed by atoms with Crippen LogP contribution in [0.25, 0.3) is 0 Å². The summed E-state index contributed by atoms with van der Waals surface area (Å²) in [6.07, 6.45) is 3.38. The van der Waals surface area contributed by atoms with Crippen LogP contribution in [0.3, 0.4) is 0 Å². The fourth-order valence-corrected chi connectivity index (χ4v) is 1.35. The monoisotopic (exact) mass is 257 g/mol. The first-order valence-corrected chi connectivity index (χ1v) is 7.30. The molecule has 0 amide bonds. The molecule has 0 heterocycles. The van der Waals surface area contributed by atoms with Crippen molar-refractivity contribution in [2.24, 2.45) is 10.9 Å². The van der Waals surface area contributed by atoms with E-state index in [4.69, 9.17) is 4.74 Å². The van der Waals surface area contributed by atoms with Crippen molar-refractivity contribution >= 4 is 5.96 Å². The van der Waals surface area contributed by atoms with Crippen molar-refractivity contribution in [1.82, 2.24) is 10.6 Å². The molecule has 0 atom stereocenters. The van der Waals surface area contributed by atoms with E-state index in [0.717, 1.165) is 51.6 Å². The van der Waals surface area contributed by atoms with Gasteiger partial charge in [-0.3, -0.25) is 4.99 Å². The third kappa shape index (κ3) is 11.7. The van der Waals surface area contributed by atoms with E-state index in [1.807, 2.05) is 0 Å². The molecule has 0 aliphatic rings. The lowest BCUT2D eigenvalue weighted by Crippen LogP contribution is -2.38. The largest absolute Gasteiger partial charge is 0.381 e. The molecule has 0 unspecified atom stereocenters. The van der Waals surface area contributed by atoms with Crippen LogP contribution in [0.15, 0.2) is 4.99 Å². The number of hydrogen-bond donors (Lipinski definition) is 2. The van der Waals surface area contributed by atoms with Gasteiger partial charge < -0.3 is 15.4 Å². The van der Waals surface area contributed by atoms with Crippen LogP contribution in [0.1, 0.15) is 47.0 Å².